The molecule has 0 aliphatic rings. The number of nitrogens with zero attached hydrogens (tertiary/aromatic N) is 1. The Morgan fingerprint density at radius 1 is 1.14 bits per heavy atom. The number of pyridine rings is 1. The Morgan fingerprint density at radius 3 is 2.51 bits per heavy atom. The summed E-state index contributed by atoms with van der Waals surface area (Å²) < 4.78 is 20.8. The second-order valence-electron chi connectivity index (χ2n) is 7.17. The summed E-state index contributed by atoms with van der Waals surface area (Å²) in [4.78, 5) is 35.9. The van der Waals surface area contributed by atoms with Crippen LogP contribution in [0.2, 0.25) is 0 Å². The molecule has 0 aliphatic carbocycles. The second kappa shape index (κ2) is 13.7. The van der Waals surface area contributed by atoms with Crippen LogP contribution in [0, 0.1) is 5.82 Å². The fourth-order valence-corrected chi connectivity index (χ4v) is 3.23. The molecule has 2 N–H and O–H groups in total. The summed E-state index contributed by atoms with van der Waals surface area (Å²) in [6.07, 6.45) is 0.624. The Bertz CT molecular complexity index is 1270. The van der Waals surface area contributed by atoms with E-state index in [4.69, 9.17) is 4.74 Å². The summed E-state index contributed by atoms with van der Waals surface area (Å²) in [5, 5.41) is 27.8. The summed E-state index contributed by atoms with van der Waals surface area (Å²) in [5.41, 5.74) is -0.293. The van der Waals surface area contributed by atoms with Crippen molar-refractivity contribution in [1.29, 1.82) is 0 Å². The fraction of sp³-hybridized carbons (Fsp3) is 0.174. The number of nitrogens with one attached hydrogen (secondary N) is 2. The van der Waals surface area contributed by atoms with Crippen molar-refractivity contribution in [2.24, 2.45) is 7.05 Å². The number of aliphatic carboxylic acids is 1. The SMILES string of the molecule is COc1cccc(-c2cc([C@H](CC(=O)[O-])NC(=O)Nc3c([O-])ccn(C)c3=O)ccc2F)c1.[Na+].[Na+]. The van der Waals surface area contributed by atoms with Crippen molar-refractivity contribution in [3.63, 3.8) is 0 Å². The monoisotopic (exact) mass is 499 g/mol. The minimum absolute atomic E-state index is 0. The summed E-state index contributed by atoms with van der Waals surface area (Å²) >= 11 is 0. The molecule has 0 radical (unpaired) electrons. The number of urea groups is 1. The average molecular weight is 499 g/mol. The fourth-order valence-electron chi connectivity index (χ4n) is 3.23. The van der Waals surface area contributed by atoms with E-state index in [2.05, 4.69) is 10.6 Å². The molecular formula is C23H20FN3Na2O6. The van der Waals surface area contributed by atoms with Gasteiger partial charge in [0.05, 0.1) is 13.2 Å². The molecule has 12 heteroatoms. The maximum atomic E-state index is 14.6. The first-order valence-electron chi connectivity index (χ1n) is 9.77. The number of hydrogen-bond acceptors (Lipinski definition) is 6. The molecule has 0 saturated heterocycles. The third-order valence-corrected chi connectivity index (χ3v) is 4.92. The quantitative estimate of drug-likeness (QED) is 0.314. The predicted molar refractivity (Wildman–Crippen MR) is 114 cm³/mol. The molecule has 35 heavy (non-hydrogen) atoms. The van der Waals surface area contributed by atoms with Crippen LogP contribution < -0.4 is 90.3 Å². The Balaban J connectivity index is 0.00000306. The van der Waals surface area contributed by atoms with Crippen molar-refractivity contribution < 1.29 is 88.0 Å². The molecule has 0 saturated carbocycles. The van der Waals surface area contributed by atoms with Crippen molar-refractivity contribution in [2.75, 3.05) is 12.4 Å². The van der Waals surface area contributed by atoms with Gasteiger partial charge in [-0.15, -0.1) is 0 Å². The van der Waals surface area contributed by atoms with Gasteiger partial charge in [-0.25, -0.2) is 9.18 Å². The number of rotatable bonds is 7. The molecule has 3 aromatic rings. The maximum Gasteiger partial charge on any atom is 1.00 e. The van der Waals surface area contributed by atoms with Gasteiger partial charge in [-0.1, -0.05) is 30.0 Å². The van der Waals surface area contributed by atoms with Gasteiger partial charge in [0.1, 0.15) is 17.3 Å². The van der Waals surface area contributed by atoms with Gasteiger partial charge in [0, 0.05) is 31.2 Å². The van der Waals surface area contributed by atoms with Gasteiger partial charge in [-0.3, -0.25) is 4.79 Å². The van der Waals surface area contributed by atoms with Crippen LogP contribution in [0.25, 0.3) is 11.1 Å². The molecule has 0 bridgehead atoms. The Hall–Kier alpha value is -2.34. The Kier molecular flexibility index (Phi) is 12.0. The number of carbonyl (C=O) groups is 2. The van der Waals surface area contributed by atoms with E-state index in [1.54, 1.807) is 24.3 Å². The van der Waals surface area contributed by atoms with Crippen LogP contribution >= 0.6 is 0 Å². The summed E-state index contributed by atoms with van der Waals surface area (Å²) in [6.45, 7) is 0. The number of ether oxygens (including phenoxy) is 1. The van der Waals surface area contributed by atoms with Crippen LogP contribution in [0.3, 0.4) is 0 Å². The molecule has 0 spiro atoms. The smallest absolute Gasteiger partial charge is 0.871 e. The zero-order valence-corrected chi connectivity index (χ0v) is 23.8. The molecule has 0 unspecified atom stereocenters. The van der Waals surface area contributed by atoms with Crippen molar-refractivity contribution in [1.82, 2.24) is 9.88 Å². The van der Waals surface area contributed by atoms with Crippen molar-refractivity contribution in [3.8, 4) is 22.6 Å². The van der Waals surface area contributed by atoms with Crippen LogP contribution in [-0.4, -0.2) is 23.7 Å². The van der Waals surface area contributed by atoms with Gasteiger partial charge in [0.2, 0.25) is 0 Å². The molecule has 172 valence electrons. The summed E-state index contributed by atoms with van der Waals surface area (Å²) in [6, 6.07) is 9.49. The van der Waals surface area contributed by atoms with E-state index in [9.17, 15) is 29.0 Å². The van der Waals surface area contributed by atoms with Gasteiger partial charge in [-0.05, 0) is 35.4 Å². The normalized spacial score (nSPS) is 10.8. The minimum atomic E-state index is -1.47. The largest absolute Gasteiger partial charge is 1.00 e. The van der Waals surface area contributed by atoms with E-state index in [1.807, 2.05) is 0 Å². The molecule has 2 aromatic carbocycles. The van der Waals surface area contributed by atoms with Gasteiger partial charge in [-0.2, -0.15) is 0 Å². The standard InChI is InChI=1S/C23H22FN3O6.2Na/c1-27-9-8-19(28)21(22(27)31)26-23(32)25-18(12-20(29)30)14-6-7-17(24)16(11-14)13-4-3-5-15(10-13)33-2;;/h3-11,18,28H,12H2,1-2H3,(H,29,30)(H2,25,26,32);;/q;2*+1/p-2/t18-;;/m0../s1. The molecule has 1 aromatic heterocycles. The molecular weight excluding hydrogens is 479 g/mol. The Morgan fingerprint density at radius 2 is 1.86 bits per heavy atom. The predicted octanol–water partition coefficient (Wildman–Crippen LogP) is -4.72. The molecule has 0 aliphatic heterocycles. The van der Waals surface area contributed by atoms with Crippen molar-refractivity contribution >= 4 is 17.7 Å². The topological polar surface area (TPSA) is 136 Å². The number of methoxy groups -OCH3 is 1. The Labute approximate surface area is 244 Å². The second-order valence-corrected chi connectivity index (χ2v) is 7.17. The summed E-state index contributed by atoms with van der Waals surface area (Å²) in [5.74, 6) is -2.23. The number of aryl methyl sites for hydroxylation is 1. The van der Waals surface area contributed by atoms with E-state index in [-0.39, 0.29) is 70.2 Å². The zero-order chi connectivity index (χ0) is 24.1. The zero-order valence-electron chi connectivity index (χ0n) is 19.8. The van der Waals surface area contributed by atoms with E-state index >= 15 is 0 Å². The molecule has 3 rings (SSSR count). The number of carboxylic acid groups (broad SMARTS) is 1. The number of anilines is 1. The van der Waals surface area contributed by atoms with Gasteiger partial charge in [0.25, 0.3) is 5.56 Å². The molecule has 1 atom stereocenters. The van der Waals surface area contributed by atoms with Gasteiger partial charge < -0.3 is 34.9 Å². The number of aromatic nitrogens is 1. The van der Waals surface area contributed by atoms with Crippen LogP contribution in [0.15, 0.2) is 59.5 Å². The van der Waals surface area contributed by atoms with E-state index < -0.39 is 47.3 Å². The first kappa shape index (κ1) is 30.7. The molecule has 2 amide bonds. The molecule has 1 heterocycles. The minimum Gasteiger partial charge on any atom is -0.871 e. The van der Waals surface area contributed by atoms with Crippen LogP contribution in [-0.2, 0) is 11.8 Å². The molecule has 9 nitrogen and oxygen atoms in total. The first-order chi connectivity index (χ1) is 15.7. The summed E-state index contributed by atoms with van der Waals surface area (Å²) in [7, 11) is 2.88. The van der Waals surface area contributed by atoms with Crippen LogP contribution in [0.5, 0.6) is 11.5 Å². The van der Waals surface area contributed by atoms with Crippen LogP contribution in [0.4, 0.5) is 14.9 Å². The third-order valence-electron chi connectivity index (χ3n) is 4.92. The van der Waals surface area contributed by atoms with Crippen molar-refractivity contribution in [2.45, 2.75) is 12.5 Å². The first-order valence-corrected chi connectivity index (χ1v) is 9.77. The van der Waals surface area contributed by atoms with Gasteiger partial charge >= 0.3 is 65.1 Å². The van der Waals surface area contributed by atoms with Crippen molar-refractivity contribution in [3.05, 3.63) is 76.5 Å². The number of hydrogen-bond donors (Lipinski definition) is 2. The number of amides is 2. The van der Waals surface area contributed by atoms with Crippen LogP contribution in [0.1, 0.15) is 18.0 Å². The molecule has 0 fully saturated rings. The van der Waals surface area contributed by atoms with E-state index in [1.165, 1.54) is 32.5 Å². The third kappa shape index (κ3) is 7.83. The van der Waals surface area contributed by atoms with E-state index in [0.29, 0.717) is 11.3 Å². The maximum absolute atomic E-state index is 14.6. The average Bonchev–Trinajstić information content (AvgIpc) is 2.79. The number of halogens is 1. The van der Waals surface area contributed by atoms with E-state index in [0.717, 1.165) is 16.7 Å². The number of carbonyl (C=O) groups excluding carboxylic acids is 2. The van der Waals surface area contributed by atoms with Gasteiger partial charge in [0.15, 0.2) is 0 Å². The number of benzene rings is 2. The number of carboxylic acids is 1.